The number of nitrogens with one attached hydrogen (secondary N) is 1. The summed E-state index contributed by atoms with van der Waals surface area (Å²) in [5, 5.41) is 14.1. The van der Waals surface area contributed by atoms with E-state index in [-0.39, 0.29) is 12.5 Å². The van der Waals surface area contributed by atoms with Crippen molar-refractivity contribution in [2.24, 2.45) is 5.41 Å². The average Bonchev–Trinajstić information content (AvgIpc) is 3.00. The molecule has 1 saturated carbocycles. The van der Waals surface area contributed by atoms with Gasteiger partial charge in [0.2, 0.25) is 5.91 Å². The van der Waals surface area contributed by atoms with Crippen LogP contribution in [0.5, 0.6) is 0 Å². The van der Waals surface area contributed by atoms with E-state index < -0.39 is 16.8 Å². The van der Waals surface area contributed by atoms with Gasteiger partial charge in [0.1, 0.15) is 0 Å². The minimum absolute atomic E-state index is 0.0148. The van der Waals surface area contributed by atoms with E-state index in [1.165, 1.54) is 6.42 Å². The first-order valence-corrected chi connectivity index (χ1v) is 8.32. The molecule has 0 spiro atoms. The van der Waals surface area contributed by atoms with Gasteiger partial charge in [-0.15, -0.1) is 11.3 Å². The Morgan fingerprint density at radius 1 is 1.33 bits per heavy atom. The van der Waals surface area contributed by atoms with Crippen LogP contribution in [0.25, 0.3) is 0 Å². The van der Waals surface area contributed by atoms with Crippen LogP contribution in [-0.4, -0.2) is 23.5 Å². The van der Waals surface area contributed by atoms with Crippen molar-refractivity contribution in [3.63, 3.8) is 0 Å². The van der Waals surface area contributed by atoms with Gasteiger partial charge < -0.3 is 10.4 Å². The Kier molecular flexibility index (Phi) is 4.71. The van der Waals surface area contributed by atoms with Gasteiger partial charge in [0.15, 0.2) is 0 Å². The molecule has 0 unspecified atom stereocenters. The molecule has 0 saturated heterocycles. The summed E-state index contributed by atoms with van der Waals surface area (Å²) in [7, 11) is 0. The molecule has 2 rings (SSSR count). The first-order valence-electron chi connectivity index (χ1n) is 7.44. The maximum absolute atomic E-state index is 12.8. The summed E-state index contributed by atoms with van der Waals surface area (Å²) in [5.41, 5.74) is -1.40. The molecule has 1 aliphatic rings. The molecule has 0 atom stereocenters. The molecule has 1 aliphatic carbocycles. The minimum atomic E-state index is -0.943. The Bertz CT molecular complexity index is 502. The maximum atomic E-state index is 12.8. The number of thiophene rings is 1. The molecule has 1 fully saturated rings. The van der Waals surface area contributed by atoms with E-state index >= 15 is 0 Å². The normalized spacial score (nSPS) is 18.2. The molecule has 0 radical (unpaired) electrons. The van der Waals surface area contributed by atoms with Gasteiger partial charge >= 0.3 is 5.97 Å². The zero-order valence-electron chi connectivity index (χ0n) is 12.6. The molecule has 0 aromatic carbocycles. The van der Waals surface area contributed by atoms with Gasteiger partial charge in [-0.05, 0) is 38.1 Å². The third-order valence-corrected chi connectivity index (χ3v) is 5.48. The van der Waals surface area contributed by atoms with Crippen LogP contribution in [-0.2, 0) is 15.0 Å². The van der Waals surface area contributed by atoms with E-state index in [4.69, 9.17) is 5.11 Å². The molecule has 1 aromatic heterocycles. The lowest BCUT2D eigenvalue weighted by Crippen LogP contribution is -2.49. The van der Waals surface area contributed by atoms with Gasteiger partial charge in [-0.3, -0.25) is 9.59 Å². The smallest absolute Gasteiger partial charge is 0.310 e. The standard InChI is InChI=1S/C16H23NO3S/c1-15(2,14(19)20)11-17-13(18)16(8-4-3-5-9-16)12-7-6-10-21-12/h6-7,10H,3-5,8-9,11H2,1-2H3,(H,17,18)(H,19,20). The molecule has 116 valence electrons. The van der Waals surface area contributed by atoms with Crippen molar-refractivity contribution in [3.8, 4) is 0 Å². The lowest BCUT2D eigenvalue weighted by molar-refractivity contribution is -0.147. The van der Waals surface area contributed by atoms with Crippen molar-refractivity contribution >= 4 is 23.2 Å². The van der Waals surface area contributed by atoms with E-state index in [9.17, 15) is 9.59 Å². The van der Waals surface area contributed by atoms with E-state index in [1.807, 2.05) is 17.5 Å². The molecular formula is C16H23NO3S. The van der Waals surface area contributed by atoms with Crippen molar-refractivity contribution < 1.29 is 14.7 Å². The van der Waals surface area contributed by atoms with Gasteiger partial charge in [0.05, 0.1) is 10.8 Å². The lowest BCUT2D eigenvalue weighted by Gasteiger charge is -2.36. The Balaban J connectivity index is 2.15. The second-order valence-corrected chi connectivity index (χ2v) is 7.44. The summed E-state index contributed by atoms with van der Waals surface area (Å²) in [4.78, 5) is 25.1. The quantitative estimate of drug-likeness (QED) is 0.878. The van der Waals surface area contributed by atoms with E-state index in [2.05, 4.69) is 5.32 Å². The molecule has 2 N–H and O–H groups in total. The number of carboxylic acids is 1. The second-order valence-electron chi connectivity index (χ2n) is 6.49. The number of carbonyl (C=O) groups is 2. The van der Waals surface area contributed by atoms with Crippen molar-refractivity contribution in [3.05, 3.63) is 22.4 Å². The fourth-order valence-electron chi connectivity index (χ4n) is 2.84. The Hall–Kier alpha value is -1.36. The Morgan fingerprint density at radius 2 is 2.00 bits per heavy atom. The zero-order valence-corrected chi connectivity index (χ0v) is 13.5. The van der Waals surface area contributed by atoms with Crippen molar-refractivity contribution in [2.75, 3.05) is 6.54 Å². The molecular weight excluding hydrogens is 286 g/mol. The molecule has 1 aromatic rings. The molecule has 4 nitrogen and oxygen atoms in total. The van der Waals surface area contributed by atoms with Gasteiger partial charge in [-0.2, -0.15) is 0 Å². The molecule has 1 heterocycles. The van der Waals surface area contributed by atoms with Crippen molar-refractivity contribution in [1.29, 1.82) is 0 Å². The number of amides is 1. The highest BCUT2D eigenvalue weighted by Gasteiger charge is 2.42. The number of hydrogen-bond donors (Lipinski definition) is 2. The van der Waals surface area contributed by atoms with Crippen LogP contribution >= 0.6 is 11.3 Å². The largest absolute Gasteiger partial charge is 0.481 e. The van der Waals surface area contributed by atoms with E-state index in [0.717, 1.165) is 30.6 Å². The van der Waals surface area contributed by atoms with Crippen LogP contribution in [0.3, 0.4) is 0 Å². The Morgan fingerprint density at radius 3 is 2.52 bits per heavy atom. The van der Waals surface area contributed by atoms with Gasteiger partial charge in [-0.25, -0.2) is 0 Å². The van der Waals surface area contributed by atoms with Crippen LogP contribution < -0.4 is 5.32 Å². The maximum Gasteiger partial charge on any atom is 0.310 e. The minimum Gasteiger partial charge on any atom is -0.481 e. The van der Waals surface area contributed by atoms with Crippen LogP contribution in [0.2, 0.25) is 0 Å². The lowest BCUT2D eigenvalue weighted by atomic mass is 9.72. The highest BCUT2D eigenvalue weighted by molar-refractivity contribution is 7.10. The highest BCUT2D eigenvalue weighted by Crippen LogP contribution is 2.41. The van der Waals surface area contributed by atoms with Gasteiger partial charge in [0.25, 0.3) is 0 Å². The van der Waals surface area contributed by atoms with Crippen LogP contribution in [0.15, 0.2) is 17.5 Å². The van der Waals surface area contributed by atoms with Crippen LogP contribution in [0, 0.1) is 5.41 Å². The van der Waals surface area contributed by atoms with Crippen molar-refractivity contribution in [1.82, 2.24) is 5.32 Å². The molecule has 21 heavy (non-hydrogen) atoms. The van der Waals surface area contributed by atoms with Gasteiger partial charge in [0, 0.05) is 11.4 Å². The average molecular weight is 309 g/mol. The summed E-state index contributed by atoms with van der Waals surface area (Å²) in [6.45, 7) is 3.43. The van der Waals surface area contributed by atoms with E-state index in [1.54, 1.807) is 25.2 Å². The van der Waals surface area contributed by atoms with Crippen LogP contribution in [0.1, 0.15) is 50.8 Å². The SMILES string of the molecule is CC(C)(CNC(=O)C1(c2cccs2)CCCCC1)C(=O)O. The predicted molar refractivity (Wildman–Crippen MR) is 83.5 cm³/mol. The molecule has 0 bridgehead atoms. The summed E-state index contributed by atoms with van der Waals surface area (Å²) in [5.74, 6) is -0.907. The number of rotatable bonds is 5. The number of carboxylic acid groups (broad SMARTS) is 1. The topological polar surface area (TPSA) is 66.4 Å². The first kappa shape index (κ1) is 16.0. The van der Waals surface area contributed by atoms with Gasteiger partial charge in [-0.1, -0.05) is 25.3 Å². The van der Waals surface area contributed by atoms with Crippen LogP contribution in [0.4, 0.5) is 0 Å². The summed E-state index contributed by atoms with van der Waals surface area (Å²) in [6.07, 6.45) is 4.97. The first-order chi connectivity index (χ1) is 9.88. The summed E-state index contributed by atoms with van der Waals surface area (Å²) < 4.78 is 0. The molecule has 0 aliphatic heterocycles. The number of hydrogen-bond acceptors (Lipinski definition) is 3. The number of carbonyl (C=O) groups excluding carboxylic acids is 1. The van der Waals surface area contributed by atoms with Crippen molar-refractivity contribution in [2.45, 2.75) is 51.4 Å². The third-order valence-electron chi connectivity index (χ3n) is 4.40. The summed E-state index contributed by atoms with van der Waals surface area (Å²) in [6, 6.07) is 4.00. The fourth-order valence-corrected chi connectivity index (χ4v) is 3.82. The number of aliphatic carboxylic acids is 1. The third kappa shape index (κ3) is 3.28. The summed E-state index contributed by atoms with van der Waals surface area (Å²) >= 11 is 1.62. The molecule has 5 heteroatoms. The highest BCUT2D eigenvalue weighted by atomic mass is 32.1. The zero-order chi connectivity index (χ0) is 15.5. The Labute approximate surface area is 129 Å². The molecule has 1 amide bonds. The fraction of sp³-hybridized carbons (Fsp3) is 0.625. The van der Waals surface area contributed by atoms with E-state index in [0.29, 0.717) is 0 Å². The second kappa shape index (κ2) is 6.18. The predicted octanol–water partition coefficient (Wildman–Crippen LogP) is 3.18. The monoisotopic (exact) mass is 309 g/mol.